The summed E-state index contributed by atoms with van der Waals surface area (Å²) >= 11 is 3.31. The number of anilines is 1. The van der Waals surface area contributed by atoms with Crippen molar-refractivity contribution in [2.24, 2.45) is 11.7 Å². The third-order valence-electron chi connectivity index (χ3n) is 4.87. The molecular formula is C19H18BrN3O5S. The van der Waals surface area contributed by atoms with Gasteiger partial charge < -0.3 is 19.5 Å². The van der Waals surface area contributed by atoms with Crippen LogP contribution in [-0.4, -0.2) is 32.4 Å². The molecule has 1 amide bonds. The highest BCUT2D eigenvalue weighted by Gasteiger charge is 2.34. The Balaban J connectivity index is 1.76. The van der Waals surface area contributed by atoms with Crippen LogP contribution in [0.4, 0.5) is 5.88 Å². The summed E-state index contributed by atoms with van der Waals surface area (Å²) in [5, 5.41) is -0.177. The van der Waals surface area contributed by atoms with E-state index in [1.165, 1.54) is 18.4 Å². The highest BCUT2D eigenvalue weighted by atomic mass is 79.9. The van der Waals surface area contributed by atoms with Crippen molar-refractivity contribution in [3.63, 3.8) is 0 Å². The molecule has 0 radical (unpaired) electrons. The molecule has 3 heterocycles. The number of rotatable bonds is 5. The van der Waals surface area contributed by atoms with Crippen LogP contribution in [0.5, 0.6) is 0 Å². The van der Waals surface area contributed by atoms with Gasteiger partial charge in [0.2, 0.25) is 26.7 Å². The number of sulfone groups is 1. The van der Waals surface area contributed by atoms with Crippen LogP contribution < -0.4 is 10.6 Å². The van der Waals surface area contributed by atoms with Crippen LogP contribution >= 0.6 is 15.9 Å². The smallest absolute Gasteiger partial charge is 0.266 e. The summed E-state index contributed by atoms with van der Waals surface area (Å²) in [6.07, 6.45) is 2.49. The van der Waals surface area contributed by atoms with E-state index < -0.39 is 9.84 Å². The molecule has 10 heteroatoms. The zero-order chi connectivity index (χ0) is 20.6. The van der Waals surface area contributed by atoms with Gasteiger partial charge in [0.25, 0.3) is 5.89 Å². The lowest BCUT2D eigenvalue weighted by molar-refractivity contribution is -0.122. The van der Waals surface area contributed by atoms with E-state index >= 15 is 0 Å². The molecule has 0 atom stereocenters. The normalized spacial score (nSPS) is 15.6. The summed E-state index contributed by atoms with van der Waals surface area (Å²) in [5.74, 6) is -0.0260. The Labute approximate surface area is 175 Å². The monoisotopic (exact) mass is 479 g/mol. The summed E-state index contributed by atoms with van der Waals surface area (Å²) in [7, 11) is -3.94. The molecule has 2 aromatic heterocycles. The Kier molecular flexibility index (Phi) is 5.22. The number of carbonyl (C=O) groups is 1. The molecule has 152 valence electrons. The zero-order valence-electron chi connectivity index (χ0n) is 15.2. The van der Waals surface area contributed by atoms with Crippen molar-refractivity contribution >= 4 is 37.6 Å². The van der Waals surface area contributed by atoms with Gasteiger partial charge in [0, 0.05) is 23.5 Å². The molecule has 1 aliphatic rings. The van der Waals surface area contributed by atoms with Crippen LogP contribution in [-0.2, 0) is 14.6 Å². The third kappa shape index (κ3) is 3.82. The number of hydrogen-bond donors (Lipinski definition) is 1. The lowest BCUT2D eigenvalue weighted by Gasteiger charge is -2.30. The second-order valence-corrected chi connectivity index (χ2v) is 9.51. The number of primary amides is 1. The van der Waals surface area contributed by atoms with Crippen molar-refractivity contribution in [1.29, 1.82) is 0 Å². The minimum atomic E-state index is -3.94. The Morgan fingerprint density at radius 3 is 2.45 bits per heavy atom. The van der Waals surface area contributed by atoms with Crippen LogP contribution in [0.25, 0.3) is 11.7 Å². The highest BCUT2D eigenvalue weighted by Crippen LogP contribution is 2.36. The van der Waals surface area contributed by atoms with Crippen molar-refractivity contribution in [1.82, 2.24) is 4.98 Å². The van der Waals surface area contributed by atoms with Crippen molar-refractivity contribution < 1.29 is 22.0 Å². The molecule has 0 spiro atoms. The number of nitrogens with zero attached hydrogens (tertiary/aromatic N) is 2. The fourth-order valence-corrected chi connectivity index (χ4v) is 4.86. The molecule has 1 aliphatic heterocycles. The largest absolute Gasteiger partial charge is 0.459 e. The first-order chi connectivity index (χ1) is 13.9. The number of amides is 1. The number of piperidine rings is 1. The standard InChI is InChI=1S/C19H18BrN3O5S/c20-13-3-5-14(6-4-13)29(25,26)18-19(23-9-7-12(8-10-23)16(21)24)28-17(22-18)15-2-1-11-27-15/h1-6,11-12H,7-10H2,(H2,21,24). The summed E-state index contributed by atoms with van der Waals surface area (Å²) in [4.78, 5) is 17.6. The van der Waals surface area contributed by atoms with Gasteiger partial charge >= 0.3 is 0 Å². The molecule has 0 bridgehead atoms. The number of hydrogen-bond acceptors (Lipinski definition) is 7. The second kappa shape index (κ2) is 7.68. The first kappa shape index (κ1) is 19.7. The van der Waals surface area contributed by atoms with Gasteiger partial charge in [-0.05, 0) is 49.2 Å². The summed E-state index contributed by atoms with van der Waals surface area (Å²) < 4.78 is 38.5. The molecule has 29 heavy (non-hydrogen) atoms. The van der Waals surface area contributed by atoms with Gasteiger partial charge in [0.15, 0.2) is 5.76 Å². The van der Waals surface area contributed by atoms with Crippen molar-refractivity contribution in [2.45, 2.75) is 22.8 Å². The molecule has 1 fully saturated rings. The summed E-state index contributed by atoms with van der Waals surface area (Å²) in [6, 6.07) is 9.62. The lowest BCUT2D eigenvalue weighted by atomic mass is 9.96. The van der Waals surface area contributed by atoms with Crippen molar-refractivity contribution in [3.8, 4) is 11.7 Å². The minimum absolute atomic E-state index is 0.0812. The Bertz CT molecular complexity index is 1120. The maximum absolute atomic E-state index is 13.3. The molecule has 2 N–H and O–H groups in total. The Morgan fingerprint density at radius 2 is 1.86 bits per heavy atom. The molecule has 1 aromatic carbocycles. The van der Waals surface area contributed by atoms with Crippen LogP contribution in [0.15, 0.2) is 65.9 Å². The van der Waals surface area contributed by atoms with Crippen molar-refractivity contribution in [2.75, 3.05) is 18.0 Å². The maximum atomic E-state index is 13.3. The van der Waals surface area contributed by atoms with E-state index in [0.29, 0.717) is 31.7 Å². The molecule has 0 saturated carbocycles. The molecule has 0 unspecified atom stereocenters. The maximum Gasteiger partial charge on any atom is 0.266 e. The molecule has 0 aliphatic carbocycles. The second-order valence-electron chi connectivity index (χ2n) is 6.73. The van der Waals surface area contributed by atoms with Gasteiger partial charge in [-0.3, -0.25) is 4.79 Å². The van der Waals surface area contributed by atoms with E-state index in [2.05, 4.69) is 20.9 Å². The van der Waals surface area contributed by atoms with E-state index in [1.54, 1.807) is 29.2 Å². The van der Waals surface area contributed by atoms with Gasteiger partial charge in [-0.15, -0.1) is 0 Å². The van der Waals surface area contributed by atoms with Gasteiger partial charge in [-0.2, -0.15) is 4.98 Å². The van der Waals surface area contributed by atoms with Gasteiger partial charge in [0.1, 0.15) is 0 Å². The summed E-state index contributed by atoms with van der Waals surface area (Å²) in [5.41, 5.74) is 5.40. The fourth-order valence-electron chi connectivity index (χ4n) is 3.27. The number of halogens is 1. The van der Waals surface area contributed by atoms with E-state index in [4.69, 9.17) is 14.6 Å². The van der Waals surface area contributed by atoms with Gasteiger partial charge in [0.05, 0.1) is 11.2 Å². The predicted molar refractivity (Wildman–Crippen MR) is 108 cm³/mol. The molecule has 3 aromatic rings. The number of furan rings is 1. The number of carbonyl (C=O) groups excluding carboxylic acids is 1. The first-order valence-corrected chi connectivity index (χ1v) is 11.2. The van der Waals surface area contributed by atoms with Crippen LogP contribution in [0.3, 0.4) is 0 Å². The number of nitrogens with two attached hydrogens (primary N) is 1. The Hall–Kier alpha value is -2.59. The van der Waals surface area contributed by atoms with E-state index in [0.717, 1.165) is 4.47 Å². The van der Waals surface area contributed by atoms with Gasteiger partial charge in [-0.25, -0.2) is 8.42 Å². The van der Waals surface area contributed by atoms with Crippen molar-refractivity contribution in [3.05, 3.63) is 47.1 Å². The molecule has 8 nitrogen and oxygen atoms in total. The predicted octanol–water partition coefficient (Wildman–Crippen LogP) is 3.23. The highest BCUT2D eigenvalue weighted by molar-refractivity contribution is 9.10. The van der Waals surface area contributed by atoms with E-state index in [1.807, 2.05) is 0 Å². The number of aromatic nitrogens is 1. The van der Waals surface area contributed by atoms with Crippen LogP contribution in [0, 0.1) is 5.92 Å². The van der Waals surface area contributed by atoms with Gasteiger partial charge in [-0.1, -0.05) is 15.9 Å². The first-order valence-electron chi connectivity index (χ1n) is 8.96. The SMILES string of the molecule is NC(=O)C1CCN(c2oc(-c3ccco3)nc2S(=O)(=O)c2ccc(Br)cc2)CC1. The lowest BCUT2D eigenvalue weighted by Crippen LogP contribution is -2.38. The topological polar surface area (TPSA) is 120 Å². The molecule has 1 saturated heterocycles. The average molecular weight is 480 g/mol. The van der Waals surface area contributed by atoms with E-state index in [9.17, 15) is 13.2 Å². The fraction of sp³-hybridized carbons (Fsp3) is 0.263. The average Bonchev–Trinajstić information content (AvgIpc) is 3.38. The summed E-state index contributed by atoms with van der Waals surface area (Å²) in [6.45, 7) is 0.868. The quantitative estimate of drug-likeness (QED) is 0.596. The Morgan fingerprint density at radius 1 is 1.17 bits per heavy atom. The molecular weight excluding hydrogens is 462 g/mol. The zero-order valence-corrected chi connectivity index (χ0v) is 17.6. The van der Waals surface area contributed by atoms with Crippen LogP contribution in [0.1, 0.15) is 12.8 Å². The third-order valence-corrected chi connectivity index (χ3v) is 7.07. The van der Waals surface area contributed by atoms with E-state index in [-0.39, 0.29) is 33.5 Å². The molecule has 4 rings (SSSR count). The number of oxazole rings is 1. The van der Waals surface area contributed by atoms with Crippen LogP contribution in [0.2, 0.25) is 0 Å². The minimum Gasteiger partial charge on any atom is -0.459 e. The number of benzene rings is 1.